The molecule has 0 fully saturated rings. The summed E-state index contributed by atoms with van der Waals surface area (Å²) in [6.45, 7) is 0. The van der Waals surface area contributed by atoms with Crippen LogP contribution in [0, 0.1) is 0 Å². The van der Waals surface area contributed by atoms with E-state index in [4.69, 9.17) is 19.5 Å². The van der Waals surface area contributed by atoms with E-state index in [0.29, 0.717) is 11.5 Å². The Bertz CT molecular complexity index is 2810. The van der Waals surface area contributed by atoms with E-state index in [1.54, 1.807) is 0 Å². The molecule has 0 amide bonds. The Kier molecular flexibility index (Phi) is 6.42. The molecule has 5 heteroatoms. The minimum atomic E-state index is 0.637. The second-order valence-corrected chi connectivity index (χ2v) is 12.5. The lowest BCUT2D eigenvalue weighted by molar-refractivity contribution is 0.669. The van der Waals surface area contributed by atoms with Gasteiger partial charge in [0.15, 0.2) is 11.5 Å². The van der Waals surface area contributed by atoms with Crippen LogP contribution in [0.3, 0.4) is 0 Å². The summed E-state index contributed by atoms with van der Waals surface area (Å²) in [4.78, 5) is 10.4. The van der Waals surface area contributed by atoms with Gasteiger partial charge >= 0.3 is 0 Å². The number of aromatic nitrogens is 4. The second-order valence-electron chi connectivity index (χ2n) is 12.5. The highest BCUT2D eigenvalue weighted by Gasteiger charge is 2.20. The Morgan fingerprint density at radius 3 is 1.80 bits per heavy atom. The lowest BCUT2D eigenvalue weighted by Gasteiger charge is -2.12. The van der Waals surface area contributed by atoms with Crippen LogP contribution in [0.15, 0.2) is 174 Å². The van der Waals surface area contributed by atoms with Crippen LogP contribution in [0.4, 0.5) is 0 Å². The lowest BCUT2D eigenvalue weighted by atomic mass is 9.93. The second kappa shape index (κ2) is 11.4. The van der Waals surface area contributed by atoms with Gasteiger partial charge in [0.25, 0.3) is 0 Å². The van der Waals surface area contributed by atoms with Gasteiger partial charge in [0, 0.05) is 21.9 Å². The van der Waals surface area contributed by atoms with E-state index in [0.717, 1.165) is 60.9 Å². The molecular weight excluding hydrogens is 613 g/mol. The summed E-state index contributed by atoms with van der Waals surface area (Å²) >= 11 is 0. The van der Waals surface area contributed by atoms with Gasteiger partial charge < -0.3 is 4.42 Å². The van der Waals surface area contributed by atoms with Crippen LogP contribution < -0.4 is 0 Å². The number of rotatable bonds is 5. The molecule has 0 saturated carbocycles. The molecule has 0 N–H and O–H groups in total. The van der Waals surface area contributed by atoms with Crippen molar-refractivity contribution in [1.82, 2.24) is 19.6 Å². The zero-order valence-electron chi connectivity index (χ0n) is 26.9. The summed E-state index contributed by atoms with van der Waals surface area (Å²) in [5.74, 6) is 0.637. The van der Waals surface area contributed by atoms with Crippen molar-refractivity contribution in [3.05, 3.63) is 170 Å². The van der Waals surface area contributed by atoms with Crippen LogP contribution >= 0.6 is 0 Å². The number of hydrogen-bond acceptors (Lipinski definition) is 4. The average Bonchev–Trinajstić information content (AvgIpc) is 3.81. The van der Waals surface area contributed by atoms with Gasteiger partial charge in [0.1, 0.15) is 16.9 Å². The van der Waals surface area contributed by atoms with E-state index in [-0.39, 0.29) is 0 Å². The molecule has 0 aliphatic carbocycles. The predicted octanol–water partition coefficient (Wildman–Crippen LogP) is 11.5. The molecule has 3 heterocycles. The molecule has 0 radical (unpaired) electrons. The van der Waals surface area contributed by atoms with E-state index >= 15 is 0 Å². The van der Waals surface area contributed by atoms with Gasteiger partial charge in [-0.1, -0.05) is 121 Å². The van der Waals surface area contributed by atoms with Crippen molar-refractivity contribution in [2.45, 2.75) is 0 Å². The molecule has 10 rings (SSSR count). The van der Waals surface area contributed by atoms with Gasteiger partial charge in [-0.05, 0) is 81.9 Å². The number of furan rings is 1. The average molecular weight is 641 g/mol. The number of nitrogens with zero attached hydrogens (tertiary/aromatic N) is 4. The summed E-state index contributed by atoms with van der Waals surface area (Å²) in [5.41, 5.74) is 13.7. The standard InChI is InChI=1S/C45H28N4O/c1-3-13-29(14-4-1)33-26-34(30-15-5-2-6-16-30)28-35(27-33)31-17-11-18-32(25-31)44-47-45-43(46-38-21-8-9-22-39(38)49(45)48-44)37-20-12-24-41-42(37)36-19-7-10-23-40(36)50-41/h1-28H. The maximum Gasteiger partial charge on any atom is 0.182 e. The first-order valence-electron chi connectivity index (χ1n) is 16.7. The smallest absolute Gasteiger partial charge is 0.182 e. The molecule has 7 aromatic carbocycles. The van der Waals surface area contributed by atoms with Gasteiger partial charge in [-0.3, -0.25) is 0 Å². The number of hydrogen-bond donors (Lipinski definition) is 0. The third kappa shape index (κ3) is 4.67. The highest BCUT2D eigenvalue weighted by Crippen LogP contribution is 2.39. The van der Waals surface area contributed by atoms with Gasteiger partial charge in [-0.15, -0.1) is 5.10 Å². The van der Waals surface area contributed by atoms with Crippen molar-refractivity contribution in [1.29, 1.82) is 0 Å². The first-order chi connectivity index (χ1) is 24.8. The normalized spacial score (nSPS) is 11.6. The van der Waals surface area contributed by atoms with E-state index in [2.05, 4.69) is 115 Å². The Labute approximate surface area is 287 Å². The van der Waals surface area contributed by atoms with Crippen LogP contribution in [0.25, 0.3) is 94.6 Å². The molecule has 0 unspecified atom stereocenters. The quantitative estimate of drug-likeness (QED) is 0.188. The lowest BCUT2D eigenvalue weighted by Crippen LogP contribution is -1.97. The monoisotopic (exact) mass is 640 g/mol. The number of fused-ring (bicyclic) bond motifs is 6. The summed E-state index contributed by atoms with van der Waals surface area (Å²) in [7, 11) is 0. The molecule has 5 nitrogen and oxygen atoms in total. The van der Waals surface area contributed by atoms with Gasteiger partial charge in [0.05, 0.1) is 11.0 Å². The highest BCUT2D eigenvalue weighted by atomic mass is 16.3. The zero-order chi connectivity index (χ0) is 33.0. The van der Waals surface area contributed by atoms with E-state index in [1.807, 2.05) is 59.1 Å². The molecule has 10 aromatic rings. The summed E-state index contributed by atoms with van der Waals surface area (Å²) in [6.07, 6.45) is 0. The number of benzene rings is 7. The molecule has 0 bridgehead atoms. The third-order valence-electron chi connectivity index (χ3n) is 9.42. The Hall–Kier alpha value is -6.85. The van der Waals surface area contributed by atoms with Crippen LogP contribution in [0.1, 0.15) is 0 Å². The fourth-order valence-corrected chi connectivity index (χ4v) is 7.04. The molecule has 234 valence electrons. The minimum absolute atomic E-state index is 0.637. The molecule has 0 saturated heterocycles. The van der Waals surface area contributed by atoms with E-state index in [1.165, 1.54) is 22.3 Å². The molecule has 3 aromatic heterocycles. The summed E-state index contributed by atoms with van der Waals surface area (Å²) in [5, 5.41) is 7.20. The van der Waals surface area contributed by atoms with Crippen LogP contribution in [-0.4, -0.2) is 19.6 Å². The maximum atomic E-state index is 6.25. The van der Waals surface area contributed by atoms with Crippen molar-refractivity contribution >= 4 is 38.6 Å². The molecule has 50 heavy (non-hydrogen) atoms. The fourth-order valence-electron chi connectivity index (χ4n) is 7.04. The molecule has 0 aliphatic rings. The first-order valence-corrected chi connectivity index (χ1v) is 16.7. The van der Waals surface area contributed by atoms with Crippen molar-refractivity contribution in [2.75, 3.05) is 0 Å². The Morgan fingerprint density at radius 2 is 1.02 bits per heavy atom. The molecule has 0 aliphatic heterocycles. The first kappa shape index (κ1) is 28.2. The van der Waals surface area contributed by atoms with Crippen molar-refractivity contribution in [3.63, 3.8) is 0 Å². The van der Waals surface area contributed by atoms with Gasteiger partial charge in [0.2, 0.25) is 0 Å². The van der Waals surface area contributed by atoms with Crippen molar-refractivity contribution < 1.29 is 4.42 Å². The minimum Gasteiger partial charge on any atom is -0.456 e. The molecule has 0 atom stereocenters. The van der Waals surface area contributed by atoms with Gasteiger partial charge in [-0.25, -0.2) is 14.5 Å². The molecular formula is C45H28N4O. The van der Waals surface area contributed by atoms with Crippen LogP contribution in [0.2, 0.25) is 0 Å². The maximum absolute atomic E-state index is 6.25. The van der Waals surface area contributed by atoms with E-state index in [9.17, 15) is 0 Å². The van der Waals surface area contributed by atoms with E-state index < -0.39 is 0 Å². The number of para-hydroxylation sites is 3. The third-order valence-corrected chi connectivity index (χ3v) is 9.42. The van der Waals surface area contributed by atoms with Crippen LogP contribution in [-0.2, 0) is 0 Å². The zero-order valence-corrected chi connectivity index (χ0v) is 26.9. The topological polar surface area (TPSA) is 56.2 Å². The van der Waals surface area contributed by atoms with Gasteiger partial charge in [-0.2, -0.15) is 0 Å². The highest BCUT2D eigenvalue weighted by molar-refractivity contribution is 6.13. The Morgan fingerprint density at radius 1 is 0.440 bits per heavy atom. The SMILES string of the molecule is c1ccc(-c2cc(-c3ccccc3)cc(-c3cccc(-c4nc5c(-c6cccc7oc8ccccc8c67)nc6ccccc6n5n4)c3)c2)cc1. The fraction of sp³-hybridized carbons (Fsp3) is 0. The molecule has 0 spiro atoms. The van der Waals surface area contributed by atoms with Crippen molar-refractivity contribution in [3.8, 4) is 56.0 Å². The summed E-state index contributed by atoms with van der Waals surface area (Å²) in [6, 6.07) is 58.8. The predicted molar refractivity (Wildman–Crippen MR) is 203 cm³/mol. The van der Waals surface area contributed by atoms with Crippen LogP contribution in [0.5, 0.6) is 0 Å². The largest absolute Gasteiger partial charge is 0.456 e. The van der Waals surface area contributed by atoms with Crippen molar-refractivity contribution in [2.24, 2.45) is 0 Å². The Balaban J connectivity index is 1.16. The summed E-state index contributed by atoms with van der Waals surface area (Å²) < 4.78 is 8.18.